The average Bonchev–Trinajstić information content (AvgIpc) is 3.68. The van der Waals surface area contributed by atoms with E-state index in [0.717, 1.165) is 87.3 Å². The molecule has 0 spiro atoms. The van der Waals surface area contributed by atoms with Gasteiger partial charge < -0.3 is 29.3 Å². The normalized spacial score (nSPS) is 21.5. The zero-order valence-electron chi connectivity index (χ0n) is 26.4. The number of amides is 1. The van der Waals surface area contributed by atoms with E-state index in [-0.39, 0.29) is 17.1 Å². The first-order valence-electron chi connectivity index (χ1n) is 16.4. The van der Waals surface area contributed by atoms with Crippen LogP contribution in [0.4, 0.5) is 5.82 Å². The van der Waals surface area contributed by atoms with Gasteiger partial charge in [-0.3, -0.25) is 4.79 Å². The third-order valence-corrected chi connectivity index (χ3v) is 10.2. The van der Waals surface area contributed by atoms with Gasteiger partial charge >= 0.3 is 6.01 Å². The number of anilines is 1. The Morgan fingerprint density at radius 3 is 2.69 bits per heavy atom. The molecule has 4 heterocycles. The second-order valence-electron chi connectivity index (χ2n) is 13.7. The quantitative estimate of drug-likeness (QED) is 0.358. The molecule has 7 rings (SSSR count). The van der Waals surface area contributed by atoms with E-state index in [0.29, 0.717) is 54.2 Å². The zero-order chi connectivity index (χ0) is 31.1. The summed E-state index contributed by atoms with van der Waals surface area (Å²) < 4.78 is 12.0. The largest absolute Gasteiger partial charge is 0.508 e. The molecule has 1 saturated carbocycles. The number of fused-ring (bicyclic) bond motifs is 2. The van der Waals surface area contributed by atoms with Crippen molar-refractivity contribution >= 4 is 22.5 Å². The molecule has 1 atom stereocenters. The molecule has 0 radical (unpaired) electrons. The Morgan fingerprint density at radius 1 is 1.13 bits per heavy atom. The molecule has 236 valence electrons. The van der Waals surface area contributed by atoms with Crippen LogP contribution < -0.4 is 9.64 Å². The Kier molecular flexibility index (Phi) is 8.05. The summed E-state index contributed by atoms with van der Waals surface area (Å²) in [6, 6.07) is 9.10. The number of likely N-dealkylation sites (tertiary alicyclic amines) is 1. The van der Waals surface area contributed by atoms with Crippen molar-refractivity contribution in [1.82, 2.24) is 19.8 Å². The summed E-state index contributed by atoms with van der Waals surface area (Å²) >= 11 is 0. The molecule has 4 aliphatic rings. The van der Waals surface area contributed by atoms with Gasteiger partial charge in [0.05, 0.1) is 37.1 Å². The predicted molar refractivity (Wildman–Crippen MR) is 173 cm³/mol. The Balaban J connectivity index is 1.14. The number of phenols is 1. The molecular weight excluding hydrogens is 566 g/mol. The van der Waals surface area contributed by atoms with Crippen LogP contribution in [0.2, 0.25) is 0 Å². The fourth-order valence-corrected chi connectivity index (χ4v) is 7.46. The number of terminal acetylenes is 1. The van der Waals surface area contributed by atoms with Gasteiger partial charge in [0.1, 0.15) is 11.6 Å². The number of piperidine rings is 2. The summed E-state index contributed by atoms with van der Waals surface area (Å²) in [6.45, 7) is 8.62. The number of benzene rings is 2. The van der Waals surface area contributed by atoms with Crippen LogP contribution in [-0.2, 0) is 17.8 Å². The van der Waals surface area contributed by atoms with Gasteiger partial charge in [-0.05, 0) is 68.0 Å². The molecule has 3 aromatic rings. The van der Waals surface area contributed by atoms with Gasteiger partial charge in [0, 0.05) is 61.8 Å². The zero-order valence-corrected chi connectivity index (χ0v) is 26.4. The molecule has 3 aliphatic heterocycles. The maximum atomic E-state index is 14.1. The Morgan fingerprint density at radius 2 is 1.96 bits per heavy atom. The van der Waals surface area contributed by atoms with Crippen molar-refractivity contribution in [2.75, 3.05) is 51.3 Å². The summed E-state index contributed by atoms with van der Waals surface area (Å²) in [7, 11) is 1.81. The van der Waals surface area contributed by atoms with Crippen molar-refractivity contribution in [2.45, 2.75) is 64.6 Å². The van der Waals surface area contributed by atoms with E-state index in [1.54, 1.807) is 11.0 Å². The van der Waals surface area contributed by atoms with Crippen LogP contribution >= 0.6 is 0 Å². The highest BCUT2D eigenvalue weighted by atomic mass is 16.5. The molecule has 1 aliphatic carbocycles. The SMILES string of the molecule is C#Cc1cccc2cc(O)cc(C(=O)N3Cc4nc(OCC5(CN6CCC(OC)CC6)CC5)nc(N5CCCC(C)C5)c4C3)c12. The number of aromatic hydroxyl groups is 1. The standard InChI is InChI=1S/C36H43N5O4/c1-4-25-8-5-9-26-17-27(42)18-29(32(25)26)34(43)41-20-30-31(21-41)37-35(38-33(30)40-14-6-7-24(2)19-40)45-23-36(12-13-36)22-39-15-10-28(44-3)11-16-39/h1,5,8-9,17-18,24,28,42H,6-7,10-16,19-23H2,2-3H3. The summed E-state index contributed by atoms with van der Waals surface area (Å²) in [5.74, 6) is 4.00. The van der Waals surface area contributed by atoms with Crippen molar-refractivity contribution in [3.05, 3.63) is 52.7 Å². The first kappa shape index (κ1) is 29.8. The molecule has 1 amide bonds. The molecule has 1 aromatic heterocycles. The molecule has 9 nitrogen and oxygen atoms in total. The number of phenolic OH excluding ortho intramolecular Hbond substituents is 1. The number of ether oxygens (including phenoxy) is 2. The van der Waals surface area contributed by atoms with Gasteiger partial charge in [0.25, 0.3) is 5.91 Å². The third-order valence-electron chi connectivity index (χ3n) is 10.2. The van der Waals surface area contributed by atoms with Crippen molar-refractivity contribution in [3.8, 4) is 24.1 Å². The number of carbonyl (C=O) groups is 1. The minimum atomic E-state index is -0.189. The molecular formula is C36H43N5O4. The van der Waals surface area contributed by atoms with Crippen LogP contribution in [0.3, 0.4) is 0 Å². The van der Waals surface area contributed by atoms with Gasteiger partial charge in [0.2, 0.25) is 0 Å². The number of nitrogens with zero attached hydrogens (tertiary/aromatic N) is 5. The molecule has 45 heavy (non-hydrogen) atoms. The van der Waals surface area contributed by atoms with Crippen molar-refractivity contribution in [1.29, 1.82) is 0 Å². The van der Waals surface area contributed by atoms with Crippen molar-refractivity contribution < 1.29 is 19.4 Å². The van der Waals surface area contributed by atoms with Crippen LogP contribution in [0.25, 0.3) is 10.8 Å². The number of hydrogen-bond donors (Lipinski definition) is 1. The number of rotatable bonds is 8. The number of hydrogen-bond acceptors (Lipinski definition) is 8. The molecule has 1 unspecified atom stereocenters. The van der Waals surface area contributed by atoms with Gasteiger partial charge in [-0.2, -0.15) is 9.97 Å². The number of aromatic nitrogens is 2. The fourth-order valence-electron chi connectivity index (χ4n) is 7.46. The summed E-state index contributed by atoms with van der Waals surface area (Å²) in [4.78, 5) is 30.7. The Labute approximate surface area is 265 Å². The first-order chi connectivity index (χ1) is 21.8. The van der Waals surface area contributed by atoms with Gasteiger partial charge in [-0.15, -0.1) is 6.42 Å². The van der Waals surface area contributed by atoms with Crippen LogP contribution in [0.1, 0.15) is 72.6 Å². The molecule has 1 N–H and O–H groups in total. The average molecular weight is 610 g/mol. The van der Waals surface area contributed by atoms with Crippen LogP contribution in [0.5, 0.6) is 11.8 Å². The van der Waals surface area contributed by atoms with Gasteiger partial charge in [-0.25, -0.2) is 0 Å². The van der Waals surface area contributed by atoms with E-state index in [9.17, 15) is 9.90 Å². The van der Waals surface area contributed by atoms with Crippen molar-refractivity contribution in [3.63, 3.8) is 0 Å². The lowest BCUT2D eigenvalue weighted by Crippen LogP contribution is -2.41. The molecule has 2 saturated heterocycles. The third kappa shape index (κ3) is 6.06. The minimum absolute atomic E-state index is 0.0345. The molecule has 3 fully saturated rings. The van der Waals surface area contributed by atoms with E-state index in [2.05, 4.69) is 22.6 Å². The molecule has 0 bridgehead atoms. The van der Waals surface area contributed by atoms with E-state index >= 15 is 0 Å². The summed E-state index contributed by atoms with van der Waals surface area (Å²) in [5.41, 5.74) is 2.98. The topological polar surface area (TPSA) is 91.3 Å². The highest BCUT2D eigenvalue weighted by molar-refractivity contribution is 6.09. The van der Waals surface area contributed by atoms with E-state index in [1.165, 1.54) is 12.5 Å². The molecule has 2 aromatic carbocycles. The fraction of sp³-hybridized carbons (Fsp3) is 0.528. The lowest BCUT2D eigenvalue weighted by atomic mass is 9.98. The first-order valence-corrected chi connectivity index (χ1v) is 16.4. The van der Waals surface area contributed by atoms with Crippen molar-refractivity contribution in [2.24, 2.45) is 11.3 Å². The lowest BCUT2D eigenvalue weighted by molar-refractivity contribution is 0.0313. The lowest BCUT2D eigenvalue weighted by Gasteiger charge is -2.34. The summed E-state index contributed by atoms with van der Waals surface area (Å²) in [6.07, 6.45) is 13.0. The van der Waals surface area contributed by atoms with Crippen LogP contribution in [-0.4, -0.2) is 83.3 Å². The van der Waals surface area contributed by atoms with Gasteiger partial charge in [-0.1, -0.05) is 25.0 Å². The maximum absolute atomic E-state index is 14.1. The van der Waals surface area contributed by atoms with E-state index < -0.39 is 0 Å². The van der Waals surface area contributed by atoms with Crippen LogP contribution in [0, 0.1) is 23.7 Å². The highest BCUT2D eigenvalue weighted by Crippen LogP contribution is 2.47. The Hall–Kier alpha value is -3.87. The second kappa shape index (κ2) is 12.1. The maximum Gasteiger partial charge on any atom is 0.318 e. The highest BCUT2D eigenvalue weighted by Gasteiger charge is 2.45. The smallest absolute Gasteiger partial charge is 0.318 e. The Bertz CT molecular complexity index is 1640. The van der Waals surface area contributed by atoms with E-state index in [4.69, 9.17) is 25.9 Å². The monoisotopic (exact) mass is 609 g/mol. The second-order valence-corrected chi connectivity index (χ2v) is 13.7. The van der Waals surface area contributed by atoms with Crippen LogP contribution in [0.15, 0.2) is 30.3 Å². The predicted octanol–water partition coefficient (Wildman–Crippen LogP) is 4.98. The summed E-state index contributed by atoms with van der Waals surface area (Å²) in [5, 5.41) is 11.9. The number of carbonyl (C=O) groups excluding carboxylic acids is 1. The minimum Gasteiger partial charge on any atom is -0.508 e. The molecule has 9 heteroatoms. The van der Waals surface area contributed by atoms with Gasteiger partial charge in [0.15, 0.2) is 0 Å². The number of methoxy groups -OCH3 is 1. The van der Waals surface area contributed by atoms with E-state index in [1.807, 2.05) is 25.3 Å².